The fourth-order valence-electron chi connectivity index (χ4n) is 1.54. The van der Waals surface area contributed by atoms with Crippen LogP contribution < -0.4 is 5.30 Å². The Morgan fingerprint density at radius 3 is 2.25 bits per heavy atom. The molecular weight excluding hydrogens is 223 g/mol. The molecular formula is C12H9O3P. The highest BCUT2D eigenvalue weighted by atomic mass is 31.1. The van der Waals surface area contributed by atoms with Gasteiger partial charge in [-0.2, -0.15) is 0 Å². The molecule has 0 heterocycles. The van der Waals surface area contributed by atoms with E-state index >= 15 is 0 Å². The van der Waals surface area contributed by atoms with Crippen molar-refractivity contribution in [1.82, 2.24) is 0 Å². The highest BCUT2D eigenvalue weighted by molar-refractivity contribution is 7.34. The molecule has 0 aliphatic carbocycles. The Bertz CT molecular complexity index is 523. The first-order valence-corrected chi connectivity index (χ1v) is 5.49. The second kappa shape index (κ2) is 4.33. The van der Waals surface area contributed by atoms with Crippen LogP contribution in [0.25, 0.3) is 11.1 Å². The smallest absolute Gasteiger partial charge is 0.193 e. The van der Waals surface area contributed by atoms with Crippen LogP contribution in [0.1, 0.15) is 0 Å². The van der Waals surface area contributed by atoms with E-state index in [0.717, 1.165) is 0 Å². The van der Waals surface area contributed by atoms with Crippen molar-refractivity contribution in [2.24, 2.45) is 0 Å². The van der Waals surface area contributed by atoms with Gasteiger partial charge in [-0.05, 0) is 17.7 Å². The van der Waals surface area contributed by atoms with Crippen LogP contribution in [0.5, 0.6) is 11.5 Å². The van der Waals surface area contributed by atoms with E-state index in [4.69, 9.17) is 0 Å². The minimum atomic E-state index is -0.243. The molecule has 0 aliphatic heterocycles. The molecule has 16 heavy (non-hydrogen) atoms. The highest BCUT2D eigenvalue weighted by Gasteiger charge is 2.13. The minimum absolute atomic E-state index is 0.191. The summed E-state index contributed by atoms with van der Waals surface area (Å²) in [5.41, 5.74) is 1.12. The molecule has 0 bridgehead atoms. The molecule has 0 unspecified atom stereocenters. The van der Waals surface area contributed by atoms with Crippen molar-refractivity contribution in [2.45, 2.75) is 0 Å². The monoisotopic (exact) mass is 232 g/mol. The summed E-state index contributed by atoms with van der Waals surface area (Å²) in [6, 6.07) is 11.9. The van der Waals surface area contributed by atoms with Crippen LogP contribution in [0.3, 0.4) is 0 Å². The van der Waals surface area contributed by atoms with E-state index in [2.05, 4.69) is 0 Å². The van der Waals surface area contributed by atoms with Gasteiger partial charge in [0.05, 0.1) is 5.30 Å². The Morgan fingerprint density at radius 1 is 0.938 bits per heavy atom. The van der Waals surface area contributed by atoms with Crippen molar-refractivity contribution in [1.29, 1.82) is 0 Å². The van der Waals surface area contributed by atoms with Gasteiger partial charge in [-0.25, -0.2) is 0 Å². The average Bonchev–Trinajstić information content (AvgIpc) is 2.33. The van der Waals surface area contributed by atoms with E-state index in [1.165, 1.54) is 12.1 Å². The largest absolute Gasteiger partial charge is 0.504 e. The summed E-state index contributed by atoms with van der Waals surface area (Å²) in [4.78, 5) is 0. The molecule has 0 spiro atoms. The van der Waals surface area contributed by atoms with Gasteiger partial charge in [0, 0.05) is 5.56 Å². The van der Waals surface area contributed by atoms with Crippen LogP contribution in [0, 0.1) is 0 Å². The lowest BCUT2D eigenvalue weighted by atomic mass is 10.0. The molecule has 2 N–H and O–H groups in total. The molecule has 0 aliphatic rings. The van der Waals surface area contributed by atoms with Gasteiger partial charge in [0.2, 0.25) is 0 Å². The maximum absolute atomic E-state index is 11.0. The molecule has 80 valence electrons. The fourth-order valence-corrected chi connectivity index (χ4v) is 2.00. The Morgan fingerprint density at radius 2 is 1.62 bits per heavy atom. The van der Waals surface area contributed by atoms with Gasteiger partial charge in [-0.1, -0.05) is 30.3 Å². The Hall–Kier alpha value is -1.86. The summed E-state index contributed by atoms with van der Waals surface area (Å²) in [6.45, 7) is 0. The van der Waals surface area contributed by atoms with Gasteiger partial charge in [-0.15, -0.1) is 0 Å². The van der Waals surface area contributed by atoms with Gasteiger partial charge >= 0.3 is 0 Å². The first kappa shape index (κ1) is 10.7. The summed E-state index contributed by atoms with van der Waals surface area (Å²) in [6.07, 6.45) is 0. The first-order valence-electron chi connectivity index (χ1n) is 4.67. The molecule has 0 fully saturated rings. The van der Waals surface area contributed by atoms with Gasteiger partial charge < -0.3 is 10.2 Å². The summed E-state index contributed by atoms with van der Waals surface area (Å²) in [7, 11) is -0.191. The zero-order valence-corrected chi connectivity index (χ0v) is 9.19. The third kappa shape index (κ3) is 1.77. The molecule has 0 aromatic heterocycles. The van der Waals surface area contributed by atoms with Crippen molar-refractivity contribution in [3.63, 3.8) is 0 Å². The molecule has 2 aromatic rings. The number of phenols is 2. The molecule has 2 aromatic carbocycles. The van der Waals surface area contributed by atoms with Crippen LogP contribution in [-0.4, -0.2) is 10.2 Å². The van der Waals surface area contributed by atoms with Crippen LogP contribution in [-0.2, 0) is 4.57 Å². The lowest BCUT2D eigenvalue weighted by Crippen LogP contribution is -1.97. The Kier molecular flexibility index (Phi) is 2.88. The van der Waals surface area contributed by atoms with Gasteiger partial charge in [-0.3, -0.25) is 4.57 Å². The normalized spacial score (nSPS) is 10.5. The van der Waals surface area contributed by atoms with E-state index in [1.54, 1.807) is 12.1 Å². The number of phenolic OH excluding ortho intramolecular Hbond substituents is 2. The molecule has 2 rings (SSSR count). The molecule has 4 heteroatoms. The van der Waals surface area contributed by atoms with Gasteiger partial charge in [0.1, 0.15) is 0 Å². The molecule has 3 nitrogen and oxygen atoms in total. The summed E-state index contributed by atoms with van der Waals surface area (Å²) in [5.74, 6) is -0.460. The summed E-state index contributed by atoms with van der Waals surface area (Å²) >= 11 is 0. The Labute approximate surface area is 94.2 Å². The SMILES string of the molecule is O=Pc1ccc(O)c(O)c1-c1ccccc1. The zero-order valence-electron chi connectivity index (χ0n) is 8.29. The highest BCUT2D eigenvalue weighted by Crippen LogP contribution is 2.36. The number of aromatic hydroxyl groups is 2. The average molecular weight is 232 g/mol. The molecule has 0 saturated carbocycles. The maximum atomic E-state index is 11.0. The van der Waals surface area contributed by atoms with Crippen LogP contribution in [0.15, 0.2) is 42.5 Å². The van der Waals surface area contributed by atoms with Crippen LogP contribution in [0.4, 0.5) is 0 Å². The summed E-state index contributed by atoms with van der Waals surface area (Å²) in [5, 5.41) is 19.6. The zero-order chi connectivity index (χ0) is 11.5. The summed E-state index contributed by atoms with van der Waals surface area (Å²) < 4.78 is 11.0. The second-order valence-corrected chi connectivity index (χ2v) is 3.95. The van der Waals surface area contributed by atoms with Crippen molar-refractivity contribution in [2.75, 3.05) is 0 Å². The van der Waals surface area contributed by atoms with Crippen molar-refractivity contribution in [3.8, 4) is 22.6 Å². The molecule has 0 atom stereocenters. The van der Waals surface area contributed by atoms with Crippen molar-refractivity contribution in [3.05, 3.63) is 42.5 Å². The lowest BCUT2D eigenvalue weighted by molar-refractivity contribution is 0.405. The van der Waals surface area contributed by atoms with E-state index in [-0.39, 0.29) is 20.0 Å². The second-order valence-electron chi connectivity index (χ2n) is 3.28. The standard InChI is InChI=1S/C12H9O3P/c13-9-6-7-10(16-15)11(12(9)14)8-4-2-1-3-5-8/h1-7,13-14H. The van der Waals surface area contributed by atoms with Gasteiger partial charge in [0.15, 0.2) is 20.0 Å². The third-order valence-electron chi connectivity index (χ3n) is 2.30. The van der Waals surface area contributed by atoms with Crippen LogP contribution >= 0.6 is 8.46 Å². The third-order valence-corrected chi connectivity index (χ3v) is 2.86. The molecule has 0 radical (unpaired) electrons. The number of rotatable bonds is 2. The number of hydrogen-bond acceptors (Lipinski definition) is 3. The number of hydrogen-bond donors (Lipinski definition) is 2. The molecule has 0 amide bonds. The minimum Gasteiger partial charge on any atom is -0.504 e. The predicted octanol–water partition coefficient (Wildman–Crippen LogP) is 2.68. The first-order chi connectivity index (χ1) is 7.74. The maximum Gasteiger partial charge on any atom is 0.193 e. The Balaban J connectivity index is 2.72. The van der Waals surface area contributed by atoms with E-state index in [0.29, 0.717) is 16.4 Å². The topological polar surface area (TPSA) is 57.5 Å². The fraction of sp³-hybridized carbons (Fsp3) is 0. The van der Waals surface area contributed by atoms with E-state index in [9.17, 15) is 14.8 Å². The van der Waals surface area contributed by atoms with Gasteiger partial charge in [0.25, 0.3) is 0 Å². The van der Waals surface area contributed by atoms with Crippen molar-refractivity contribution >= 4 is 13.8 Å². The van der Waals surface area contributed by atoms with E-state index in [1.807, 2.05) is 18.2 Å². The lowest BCUT2D eigenvalue weighted by Gasteiger charge is -2.08. The predicted molar refractivity (Wildman–Crippen MR) is 62.4 cm³/mol. The van der Waals surface area contributed by atoms with Crippen molar-refractivity contribution < 1.29 is 14.8 Å². The quantitative estimate of drug-likeness (QED) is 0.618. The number of benzene rings is 2. The van der Waals surface area contributed by atoms with Crippen LogP contribution in [0.2, 0.25) is 0 Å². The molecule has 0 saturated heterocycles. The van der Waals surface area contributed by atoms with E-state index < -0.39 is 0 Å².